The molecule has 19 heavy (non-hydrogen) atoms. The van der Waals surface area contributed by atoms with E-state index in [0.29, 0.717) is 10.8 Å². The topological polar surface area (TPSA) is 29.5 Å². The minimum atomic E-state index is -1.01. The average Bonchev–Trinajstić information content (AvgIpc) is 2.39. The molecule has 0 amide bonds. The van der Waals surface area contributed by atoms with Gasteiger partial charge in [0.2, 0.25) is 0 Å². The molecular weight excluding hydrogens is 267 g/mol. The van der Waals surface area contributed by atoms with E-state index in [1.807, 2.05) is 6.92 Å². The van der Waals surface area contributed by atoms with E-state index in [1.165, 1.54) is 6.07 Å². The largest absolute Gasteiger partial charge is 0.490 e. The van der Waals surface area contributed by atoms with Gasteiger partial charge in [0, 0.05) is 10.6 Å². The standard InChI is InChI=1S/C15H14ClFO2/c1-10-5-6-14(17)13(7-10)15(18)9-19-12-4-2-3-11(16)8-12/h2-8,15,18H,9H2,1H3. The number of hydrogen-bond acceptors (Lipinski definition) is 2. The van der Waals surface area contributed by atoms with Gasteiger partial charge in [-0.2, -0.15) is 0 Å². The normalized spacial score (nSPS) is 12.2. The van der Waals surface area contributed by atoms with Crippen LogP contribution in [-0.2, 0) is 0 Å². The summed E-state index contributed by atoms with van der Waals surface area (Å²) < 4.78 is 19.0. The molecule has 100 valence electrons. The molecule has 0 radical (unpaired) electrons. The summed E-state index contributed by atoms with van der Waals surface area (Å²) in [6.07, 6.45) is -1.01. The van der Waals surface area contributed by atoms with Crippen LogP contribution in [0.5, 0.6) is 5.75 Å². The Morgan fingerprint density at radius 1 is 1.26 bits per heavy atom. The predicted molar refractivity (Wildman–Crippen MR) is 73.0 cm³/mol. The Morgan fingerprint density at radius 3 is 2.79 bits per heavy atom. The molecule has 0 spiro atoms. The molecule has 0 aromatic heterocycles. The number of rotatable bonds is 4. The van der Waals surface area contributed by atoms with Crippen molar-refractivity contribution in [3.63, 3.8) is 0 Å². The Balaban J connectivity index is 2.05. The first-order valence-corrected chi connectivity index (χ1v) is 6.26. The van der Waals surface area contributed by atoms with Gasteiger partial charge in [-0.3, -0.25) is 0 Å². The van der Waals surface area contributed by atoms with Crippen LogP contribution in [0.15, 0.2) is 42.5 Å². The van der Waals surface area contributed by atoms with E-state index in [1.54, 1.807) is 36.4 Å². The molecule has 1 unspecified atom stereocenters. The monoisotopic (exact) mass is 280 g/mol. The lowest BCUT2D eigenvalue weighted by atomic mass is 10.1. The predicted octanol–water partition coefficient (Wildman–Crippen LogP) is 3.90. The molecule has 2 aromatic rings. The van der Waals surface area contributed by atoms with Crippen molar-refractivity contribution >= 4 is 11.6 Å². The van der Waals surface area contributed by atoms with E-state index < -0.39 is 11.9 Å². The molecule has 1 atom stereocenters. The van der Waals surface area contributed by atoms with Crippen molar-refractivity contribution in [2.45, 2.75) is 13.0 Å². The van der Waals surface area contributed by atoms with Gasteiger partial charge in [0.25, 0.3) is 0 Å². The van der Waals surface area contributed by atoms with Gasteiger partial charge in [0.1, 0.15) is 24.3 Å². The van der Waals surface area contributed by atoms with E-state index in [-0.39, 0.29) is 12.2 Å². The Bertz CT molecular complexity index is 572. The molecule has 0 aliphatic rings. The quantitative estimate of drug-likeness (QED) is 0.920. The van der Waals surface area contributed by atoms with E-state index in [2.05, 4.69) is 0 Å². The fourth-order valence-electron chi connectivity index (χ4n) is 1.74. The van der Waals surface area contributed by atoms with Crippen LogP contribution < -0.4 is 4.74 Å². The summed E-state index contributed by atoms with van der Waals surface area (Å²) >= 11 is 5.82. The fourth-order valence-corrected chi connectivity index (χ4v) is 1.92. The molecule has 0 bridgehead atoms. The minimum absolute atomic E-state index is 0.0271. The maximum absolute atomic E-state index is 13.6. The molecule has 0 fully saturated rings. The Morgan fingerprint density at radius 2 is 2.05 bits per heavy atom. The molecule has 2 rings (SSSR count). The molecule has 4 heteroatoms. The average molecular weight is 281 g/mol. The van der Waals surface area contributed by atoms with Crippen molar-refractivity contribution in [2.75, 3.05) is 6.61 Å². The lowest BCUT2D eigenvalue weighted by Crippen LogP contribution is -2.11. The maximum Gasteiger partial charge on any atom is 0.129 e. The number of aliphatic hydroxyl groups excluding tert-OH is 1. The molecule has 0 aliphatic heterocycles. The lowest BCUT2D eigenvalue weighted by Gasteiger charge is -2.14. The van der Waals surface area contributed by atoms with Gasteiger partial charge in [-0.05, 0) is 31.2 Å². The van der Waals surface area contributed by atoms with Crippen molar-refractivity contribution < 1.29 is 14.2 Å². The molecule has 1 N–H and O–H groups in total. The van der Waals surface area contributed by atoms with Crippen molar-refractivity contribution in [3.05, 3.63) is 64.4 Å². The minimum Gasteiger partial charge on any atom is -0.490 e. The highest BCUT2D eigenvalue weighted by atomic mass is 35.5. The molecule has 0 saturated carbocycles. The van der Waals surface area contributed by atoms with Crippen LogP contribution in [0.3, 0.4) is 0 Å². The number of ether oxygens (including phenoxy) is 1. The van der Waals surface area contributed by atoms with Gasteiger partial charge in [0.15, 0.2) is 0 Å². The zero-order valence-corrected chi connectivity index (χ0v) is 11.2. The third-order valence-corrected chi connectivity index (χ3v) is 2.95. The number of halogens is 2. The first-order valence-electron chi connectivity index (χ1n) is 5.89. The maximum atomic E-state index is 13.6. The summed E-state index contributed by atoms with van der Waals surface area (Å²) in [6.45, 7) is 1.81. The third kappa shape index (κ3) is 3.69. The Hall–Kier alpha value is -1.58. The Kier molecular flexibility index (Phi) is 4.40. The number of benzene rings is 2. The second-order valence-electron chi connectivity index (χ2n) is 4.31. The van der Waals surface area contributed by atoms with Crippen LogP contribution in [-0.4, -0.2) is 11.7 Å². The van der Waals surface area contributed by atoms with Crippen LogP contribution in [0.1, 0.15) is 17.2 Å². The lowest BCUT2D eigenvalue weighted by molar-refractivity contribution is 0.105. The molecule has 2 aromatic carbocycles. The van der Waals surface area contributed by atoms with Crippen molar-refractivity contribution in [3.8, 4) is 5.75 Å². The van der Waals surface area contributed by atoms with Gasteiger partial charge < -0.3 is 9.84 Å². The molecular formula is C15H14ClFO2. The zero-order valence-electron chi connectivity index (χ0n) is 10.4. The smallest absolute Gasteiger partial charge is 0.129 e. The number of hydrogen-bond donors (Lipinski definition) is 1. The summed E-state index contributed by atoms with van der Waals surface area (Å²) in [4.78, 5) is 0. The van der Waals surface area contributed by atoms with Gasteiger partial charge in [-0.1, -0.05) is 35.4 Å². The summed E-state index contributed by atoms with van der Waals surface area (Å²) in [7, 11) is 0. The highest BCUT2D eigenvalue weighted by Gasteiger charge is 2.13. The highest BCUT2D eigenvalue weighted by molar-refractivity contribution is 6.30. The zero-order chi connectivity index (χ0) is 13.8. The van der Waals surface area contributed by atoms with Crippen molar-refractivity contribution in [1.82, 2.24) is 0 Å². The molecule has 0 saturated heterocycles. The van der Waals surface area contributed by atoms with Gasteiger partial charge in [-0.15, -0.1) is 0 Å². The van der Waals surface area contributed by atoms with E-state index in [4.69, 9.17) is 16.3 Å². The van der Waals surface area contributed by atoms with Gasteiger partial charge >= 0.3 is 0 Å². The summed E-state index contributed by atoms with van der Waals surface area (Å²) in [5.74, 6) is 0.104. The van der Waals surface area contributed by atoms with Crippen molar-refractivity contribution in [2.24, 2.45) is 0 Å². The first kappa shape index (κ1) is 13.8. The molecule has 0 aliphatic carbocycles. The van der Waals surface area contributed by atoms with Gasteiger partial charge in [-0.25, -0.2) is 4.39 Å². The van der Waals surface area contributed by atoms with Crippen molar-refractivity contribution in [1.29, 1.82) is 0 Å². The van der Waals surface area contributed by atoms with E-state index in [0.717, 1.165) is 5.56 Å². The fraction of sp³-hybridized carbons (Fsp3) is 0.200. The third-order valence-electron chi connectivity index (χ3n) is 2.71. The van der Waals surface area contributed by atoms with Gasteiger partial charge in [0.05, 0.1) is 0 Å². The summed E-state index contributed by atoms with van der Waals surface area (Å²) in [5.41, 5.74) is 1.13. The van der Waals surface area contributed by atoms with Crippen LogP contribution in [0.4, 0.5) is 4.39 Å². The van der Waals surface area contributed by atoms with Crippen LogP contribution in [0.25, 0.3) is 0 Å². The first-order chi connectivity index (χ1) is 9.06. The SMILES string of the molecule is Cc1ccc(F)c(C(O)COc2cccc(Cl)c2)c1. The van der Waals surface area contributed by atoms with Crippen LogP contribution in [0.2, 0.25) is 5.02 Å². The van der Waals surface area contributed by atoms with E-state index >= 15 is 0 Å². The van der Waals surface area contributed by atoms with E-state index in [9.17, 15) is 9.50 Å². The number of aryl methyl sites for hydroxylation is 1. The summed E-state index contributed by atoms with van der Waals surface area (Å²) in [6, 6.07) is 11.5. The number of aliphatic hydroxyl groups is 1. The highest BCUT2D eigenvalue weighted by Crippen LogP contribution is 2.22. The second kappa shape index (κ2) is 6.04. The van der Waals surface area contributed by atoms with Crippen LogP contribution >= 0.6 is 11.6 Å². The van der Waals surface area contributed by atoms with Crippen LogP contribution in [0, 0.1) is 12.7 Å². The molecule has 0 heterocycles. The second-order valence-corrected chi connectivity index (χ2v) is 4.75. The Labute approximate surface area is 116 Å². The summed E-state index contributed by atoms with van der Waals surface area (Å²) in [5, 5.41) is 10.5. The molecule has 2 nitrogen and oxygen atoms in total.